The van der Waals surface area contributed by atoms with Crippen molar-refractivity contribution in [2.75, 3.05) is 18.8 Å². The smallest absolute Gasteiger partial charge is 0.253 e. The lowest BCUT2D eigenvalue weighted by molar-refractivity contribution is 0.0704. The van der Waals surface area contributed by atoms with Crippen molar-refractivity contribution in [1.82, 2.24) is 24.2 Å². The minimum absolute atomic E-state index is 0.0552. The number of aryl methyl sites for hydroxylation is 2. The highest BCUT2D eigenvalue weighted by Crippen LogP contribution is 2.29. The van der Waals surface area contributed by atoms with Gasteiger partial charge in [0.25, 0.3) is 5.91 Å². The number of amides is 1. The van der Waals surface area contributed by atoms with Gasteiger partial charge in [0.05, 0.1) is 22.4 Å². The zero-order chi connectivity index (χ0) is 21.5. The van der Waals surface area contributed by atoms with Crippen LogP contribution in [0.1, 0.15) is 40.6 Å². The molecule has 0 bridgehead atoms. The Morgan fingerprint density at radius 3 is 2.61 bits per heavy atom. The zero-order valence-corrected chi connectivity index (χ0v) is 17.8. The number of fused-ring (bicyclic) bond motifs is 1. The SMILES string of the molecule is Cc1cc(N)n(-c2ccc(C(=O)N3CCCC(c4nc5ccccc5n4C)C3)cc2)n1. The zero-order valence-electron chi connectivity index (χ0n) is 17.8. The van der Waals surface area contributed by atoms with E-state index < -0.39 is 0 Å². The van der Waals surface area contributed by atoms with Crippen LogP contribution in [-0.2, 0) is 7.05 Å². The molecule has 0 aliphatic carbocycles. The average molecular weight is 415 g/mol. The lowest BCUT2D eigenvalue weighted by Crippen LogP contribution is -2.39. The fourth-order valence-corrected chi connectivity index (χ4v) is 4.56. The summed E-state index contributed by atoms with van der Waals surface area (Å²) in [7, 11) is 2.06. The summed E-state index contributed by atoms with van der Waals surface area (Å²) in [5, 5.41) is 4.40. The summed E-state index contributed by atoms with van der Waals surface area (Å²) < 4.78 is 3.85. The number of piperidine rings is 1. The molecule has 0 radical (unpaired) electrons. The molecule has 2 N–H and O–H groups in total. The van der Waals surface area contributed by atoms with E-state index in [4.69, 9.17) is 10.7 Å². The summed E-state index contributed by atoms with van der Waals surface area (Å²) in [6.45, 7) is 3.36. The van der Waals surface area contributed by atoms with E-state index in [0.717, 1.165) is 47.6 Å². The second kappa shape index (κ2) is 7.58. The molecule has 31 heavy (non-hydrogen) atoms. The van der Waals surface area contributed by atoms with Crippen molar-refractivity contribution in [3.63, 3.8) is 0 Å². The van der Waals surface area contributed by atoms with E-state index >= 15 is 0 Å². The third-order valence-corrected chi connectivity index (χ3v) is 6.11. The van der Waals surface area contributed by atoms with Gasteiger partial charge < -0.3 is 15.2 Å². The van der Waals surface area contributed by atoms with Gasteiger partial charge >= 0.3 is 0 Å². The maximum absolute atomic E-state index is 13.2. The molecule has 7 nitrogen and oxygen atoms in total. The number of para-hydroxylation sites is 2. The van der Waals surface area contributed by atoms with Gasteiger partial charge in [0.15, 0.2) is 0 Å². The minimum atomic E-state index is 0.0552. The number of carbonyl (C=O) groups is 1. The van der Waals surface area contributed by atoms with Crippen molar-refractivity contribution in [3.05, 3.63) is 71.7 Å². The maximum Gasteiger partial charge on any atom is 0.253 e. The third-order valence-electron chi connectivity index (χ3n) is 6.11. The fraction of sp³-hybridized carbons (Fsp3) is 0.292. The number of nitrogen functional groups attached to an aromatic ring is 1. The van der Waals surface area contributed by atoms with Gasteiger partial charge in [-0.25, -0.2) is 9.67 Å². The van der Waals surface area contributed by atoms with Crippen molar-refractivity contribution < 1.29 is 4.79 Å². The van der Waals surface area contributed by atoms with E-state index in [1.807, 2.05) is 60.4 Å². The van der Waals surface area contributed by atoms with Crippen LogP contribution < -0.4 is 5.73 Å². The predicted octanol–water partition coefficient (Wildman–Crippen LogP) is 3.67. The number of aromatic nitrogens is 4. The Labute approximate surface area is 181 Å². The number of carbonyl (C=O) groups excluding carboxylic acids is 1. The standard InChI is InChI=1S/C24H26N6O/c1-16-14-22(25)30(27-16)19-11-9-17(10-12-19)24(31)29-13-5-6-18(15-29)23-26-20-7-3-4-8-21(20)28(23)2/h3-4,7-12,14,18H,5-6,13,15,25H2,1-2H3. The van der Waals surface area contributed by atoms with Crippen LogP contribution in [0, 0.1) is 6.92 Å². The first-order valence-electron chi connectivity index (χ1n) is 10.6. The van der Waals surface area contributed by atoms with Crippen LogP contribution in [0.15, 0.2) is 54.6 Å². The van der Waals surface area contributed by atoms with Crippen molar-refractivity contribution in [2.24, 2.45) is 7.05 Å². The summed E-state index contributed by atoms with van der Waals surface area (Å²) in [4.78, 5) is 20.0. The molecule has 1 saturated heterocycles. The number of nitrogens with zero attached hydrogens (tertiary/aromatic N) is 5. The highest BCUT2D eigenvalue weighted by Gasteiger charge is 2.28. The molecule has 1 unspecified atom stereocenters. The molecular weight excluding hydrogens is 388 g/mol. The monoisotopic (exact) mass is 414 g/mol. The van der Waals surface area contributed by atoms with Crippen LogP contribution in [0.5, 0.6) is 0 Å². The van der Waals surface area contributed by atoms with Gasteiger partial charge in [0.1, 0.15) is 11.6 Å². The number of nitrogens with two attached hydrogens (primary N) is 1. The van der Waals surface area contributed by atoms with Crippen LogP contribution in [-0.4, -0.2) is 43.2 Å². The Balaban J connectivity index is 1.35. The van der Waals surface area contributed by atoms with Crippen LogP contribution in [0.2, 0.25) is 0 Å². The summed E-state index contributed by atoms with van der Waals surface area (Å²) in [6.07, 6.45) is 2.01. The van der Waals surface area contributed by atoms with E-state index in [-0.39, 0.29) is 11.8 Å². The molecular formula is C24H26N6O. The molecule has 1 atom stereocenters. The Morgan fingerprint density at radius 2 is 1.90 bits per heavy atom. The van der Waals surface area contributed by atoms with Gasteiger partial charge in [-0.3, -0.25) is 4.79 Å². The molecule has 0 saturated carbocycles. The van der Waals surface area contributed by atoms with Gasteiger partial charge in [0, 0.05) is 37.7 Å². The largest absolute Gasteiger partial charge is 0.384 e. The summed E-state index contributed by atoms with van der Waals surface area (Å²) in [5.74, 6) is 1.93. The maximum atomic E-state index is 13.2. The van der Waals surface area contributed by atoms with E-state index in [1.165, 1.54) is 0 Å². The number of likely N-dealkylation sites (tertiary alicyclic amines) is 1. The number of hydrogen-bond donors (Lipinski definition) is 1. The molecule has 0 spiro atoms. The van der Waals surface area contributed by atoms with Gasteiger partial charge in [-0.05, 0) is 56.2 Å². The lowest BCUT2D eigenvalue weighted by Gasteiger charge is -2.32. The van der Waals surface area contributed by atoms with Crippen molar-refractivity contribution in [2.45, 2.75) is 25.7 Å². The Bertz CT molecular complexity index is 1250. The summed E-state index contributed by atoms with van der Waals surface area (Å²) >= 11 is 0. The first-order valence-corrected chi connectivity index (χ1v) is 10.6. The van der Waals surface area contributed by atoms with E-state index in [2.05, 4.69) is 22.8 Å². The van der Waals surface area contributed by atoms with Crippen molar-refractivity contribution in [3.8, 4) is 5.69 Å². The van der Waals surface area contributed by atoms with Crippen LogP contribution in [0.25, 0.3) is 16.7 Å². The van der Waals surface area contributed by atoms with Crippen LogP contribution in [0.3, 0.4) is 0 Å². The van der Waals surface area contributed by atoms with Gasteiger partial charge in [0.2, 0.25) is 0 Å². The highest BCUT2D eigenvalue weighted by atomic mass is 16.2. The predicted molar refractivity (Wildman–Crippen MR) is 121 cm³/mol. The number of imidazole rings is 1. The summed E-state index contributed by atoms with van der Waals surface area (Å²) in [6, 6.07) is 17.5. The molecule has 4 aromatic rings. The molecule has 1 fully saturated rings. The minimum Gasteiger partial charge on any atom is -0.384 e. The Kier molecular flexibility index (Phi) is 4.73. The first-order chi connectivity index (χ1) is 15.0. The quantitative estimate of drug-likeness (QED) is 0.555. The molecule has 1 amide bonds. The Morgan fingerprint density at radius 1 is 1.13 bits per heavy atom. The Hall–Kier alpha value is -3.61. The second-order valence-corrected chi connectivity index (χ2v) is 8.28. The number of rotatable bonds is 3. The van der Waals surface area contributed by atoms with Crippen molar-refractivity contribution in [1.29, 1.82) is 0 Å². The van der Waals surface area contributed by atoms with E-state index in [9.17, 15) is 4.79 Å². The molecule has 1 aliphatic rings. The lowest BCUT2D eigenvalue weighted by atomic mass is 9.96. The number of hydrogen-bond acceptors (Lipinski definition) is 4. The average Bonchev–Trinajstić information content (AvgIpc) is 3.32. The summed E-state index contributed by atoms with van der Waals surface area (Å²) in [5.41, 5.74) is 10.5. The first kappa shape index (κ1) is 19.4. The van der Waals surface area contributed by atoms with Gasteiger partial charge in [-0.2, -0.15) is 5.10 Å². The molecule has 5 rings (SSSR count). The van der Waals surface area contributed by atoms with Crippen LogP contribution in [0.4, 0.5) is 5.82 Å². The topological polar surface area (TPSA) is 82.0 Å². The molecule has 7 heteroatoms. The third kappa shape index (κ3) is 3.46. The molecule has 1 aliphatic heterocycles. The molecule has 2 aromatic carbocycles. The van der Waals surface area contributed by atoms with Gasteiger partial charge in [-0.1, -0.05) is 12.1 Å². The fourth-order valence-electron chi connectivity index (χ4n) is 4.56. The second-order valence-electron chi connectivity index (χ2n) is 8.28. The van der Waals surface area contributed by atoms with E-state index in [0.29, 0.717) is 17.9 Å². The van der Waals surface area contributed by atoms with Crippen molar-refractivity contribution >= 4 is 22.8 Å². The molecule has 2 aromatic heterocycles. The molecule has 3 heterocycles. The van der Waals surface area contributed by atoms with Crippen LogP contribution >= 0.6 is 0 Å². The van der Waals surface area contributed by atoms with E-state index in [1.54, 1.807) is 4.68 Å². The van der Waals surface area contributed by atoms with Gasteiger partial charge in [-0.15, -0.1) is 0 Å². The number of anilines is 1. The highest BCUT2D eigenvalue weighted by molar-refractivity contribution is 5.94. The normalized spacial score (nSPS) is 16.7. The number of benzene rings is 2. The molecule has 158 valence electrons.